The van der Waals surface area contributed by atoms with Crippen molar-refractivity contribution in [1.82, 2.24) is 10.2 Å². The van der Waals surface area contributed by atoms with Gasteiger partial charge in [-0.15, -0.1) is 0 Å². The van der Waals surface area contributed by atoms with Crippen LogP contribution in [0.5, 0.6) is 0 Å². The lowest BCUT2D eigenvalue weighted by atomic mass is 9.97. The van der Waals surface area contributed by atoms with E-state index in [2.05, 4.69) is 5.32 Å². The molecule has 13 heavy (non-hydrogen) atoms. The number of nitrogens with one attached hydrogen (secondary N) is 1. The second-order valence-corrected chi connectivity index (χ2v) is 3.22. The van der Waals surface area contributed by atoms with Crippen molar-refractivity contribution in [2.75, 3.05) is 20.1 Å². The number of primary amides is 1. The predicted molar refractivity (Wildman–Crippen MR) is 47.9 cm³/mol. The third-order valence-corrected chi connectivity index (χ3v) is 2.40. The van der Waals surface area contributed by atoms with Gasteiger partial charge in [-0.2, -0.15) is 0 Å². The average Bonchev–Trinajstić information content (AvgIpc) is 2.17. The lowest BCUT2D eigenvalue weighted by Gasteiger charge is -2.29. The van der Waals surface area contributed by atoms with Gasteiger partial charge in [-0.3, -0.25) is 4.79 Å². The third-order valence-electron chi connectivity index (χ3n) is 2.40. The van der Waals surface area contributed by atoms with E-state index in [0.717, 1.165) is 0 Å². The first-order chi connectivity index (χ1) is 6.15. The Labute approximate surface area is 77.3 Å². The van der Waals surface area contributed by atoms with Crippen LogP contribution >= 0.6 is 0 Å². The lowest BCUT2D eigenvalue weighted by molar-refractivity contribution is -0.122. The van der Waals surface area contributed by atoms with Crippen LogP contribution in [-0.2, 0) is 4.79 Å². The topological polar surface area (TPSA) is 75.4 Å². The smallest absolute Gasteiger partial charge is 0.317 e. The number of urea groups is 1. The van der Waals surface area contributed by atoms with Gasteiger partial charge in [0.15, 0.2) is 0 Å². The molecule has 1 aliphatic rings. The quantitative estimate of drug-likeness (QED) is 0.579. The van der Waals surface area contributed by atoms with Gasteiger partial charge in [-0.05, 0) is 12.8 Å². The molecule has 5 heteroatoms. The Balaban J connectivity index is 2.39. The van der Waals surface area contributed by atoms with Crippen LogP contribution in [0.4, 0.5) is 4.79 Å². The molecule has 0 bridgehead atoms. The van der Waals surface area contributed by atoms with Crippen molar-refractivity contribution in [1.29, 1.82) is 0 Å². The highest BCUT2D eigenvalue weighted by molar-refractivity contribution is 5.78. The molecule has 5 nitrogen and oxygen atoms in total. The second kappa shape index (κ2) is 4.11. The normalized spacial score (nSPS) is 18.4. The number of carbonyl (C=O) groups is 2. The minimum atomic E-state index is -0.253. The van der Waals surface area contributed by atoms with E-state index in [1.807, 2.05) is 0 Å². The van der Waals surface area contributed by atoms with Crippen molar-refractivity contribution in [3.05, 3.63) is 0 Å². The summed E-state index contributed by atoms with van der Waals surface area (Å²) in [5.74, 6) is -0.308. The fourth-order valence-electron chi connectivity index (χ4n) is 1.53. The standard InChI is InChI=1S/C8H15N3O2/c1-10-8(13)11-4-2-6(3-5-11)7(9)12/h6H,2-5H2,1H3,(H2,9,12)(H,10,13). The number of nitrogens with zero attached hydrogens (tertiary/aromatic N) is 1. The van der Waals surface area contributed by atoms with Gasteiger partial charge in [0.05, 0.1) is 0 Å². The maximum Gasteiger partial charge on any atom is 0.317 e. The molecule has 1 heterocycles. The van der Waals surface area contributed by atoms with Crippen molar-refractivity contribution in [3.8, 4) is 0 Å². The number of rotatable bonds is 1. The first kappa shape index (κ1) is 9.83. The summed E-state index contributed by atoms with van der Waals surface area (Å²) in [7, 11) is 1.60. The molecule has 0 radical (unpaired) electrons. The number of hydrogen-bond donors (Lipinski definition) is 2. The van der Waals surface area contributed by atoms with Gasteiger partial charge in [0, 0.05) is 26.1 Å². The van der Waals surface area contributed by atoms with Crippen LogP contribution in [0.25, 0.3) is 0 Å². The van der Waals surface area contributed by atoms with Crippen LogP contribution in [0.1, 0.15) is 12.8 Å². The Morgan fingerprint density at radius 2 is 1.92 bits per heavy atom. The molecular weight excluding hydrogens is 170 g/mol. The van der Waals surface area contributed by atoms with Gasteiger partial charge in [-0.25, -0.2) is 4.79 Å². The maximum atomic E-state index is 11.1. The molecule has 0 unspecified atom stereocenters. The fraction of sp³-hybridized carbons (Fsp3) is 0.750. The number of likely N-dealkylation sites (tertiary alicyclic amines) is 1. The molecule has 1 rings (SSSR count). The van der Waals surface area contributed by atoms with E-state index in [4.69, 9.17) is 5.73 Å². The van der Waals surface area contributed by atoms with Gasteiger partial charge >= 0.3 is 6.03 Å². The SMILES string of the molecule is CNC(=O)N1CCC(C(N)=O)CC1. The Morgan fingerprint density at radius 3 is 2.31 bits per heavy atom. The van der Waals surface area contributed by atoms with Crippen molar-refractivity contribution in [2.24, 2.45) is 11.7 Å². The molecule has 74 valence electrons. The van der Waals surface area contributed by atoms with E-state index in [9.17, 15) is 9.59 Å². The van der Waals surface area contributed by atoms with Crippen molar-refractivity contribution >= 4 is 11.9 Å². The summed E-state index contributed by atoms with van der Waals surface area (Å²) in [4.78, 5) is 23.6. The summed E-state index contributed by atoms with van der Waals surface area (Å²) < 4.78 is 0. The molecule has 3 amide bonds. The molecular formula is C8H15N3O2. The zero-order chi connectivity index (χ0) is 9.84. The van der Waals surface area contributed by atoms with Gasteiger partial charge in [0.1, 0.15) is 0 Å². The van der Waals surface area contributed by atoms with Crippen LogP contribution in [0.3, 0.4) is 0 Å². The van der Waals surface area contributed by atoms with E-state index in [1.165, 1.54) is 0 Å². The summed E-state index contributed by atoms with van der Waals surface area (Å²) in [5, 5.41) is 2.55. The monoisotopic (exact) mass is 185 g/mol. The third kappa shape index (κ3) is 2.34. The predicted octanol–water partition coefficient (Wildman–Crippen LogP) is -0.477. The number of nitrogens with two attached hydrogens (primary N) is 1. The van der Waals surface area contributed by atoms with E-state index in [0.29, 0.717) is 25.9 Å². The Kier molecular flexibility index (Phi) is 3.11. The van der Waals surface area contributed by atoms with Crippen LogP contribution in [0, 0.1) is 5.92 Å². The van der Waals surface area contributed by atoms with Gasteiger partial charge in [0.2, 0.25) is 5.91 Å². The van der Waals surface area contributed by atoms with E-state index >= 15 is 0 Å². The molecule has 0 aromatic rings. The minimum Gasteiger partial charge on any atom is -0.369 e. The zero-order valence-electron chi connectivity index (χ0n) is 7.75. The van der Waals surface area contributed by atoms with E-state index < -0.39 is 0 Å². The Morgan fingerprint density at radius 1 is 1.38 bits per heavy atom. The van der Waals surface area contributed by atoms with E-state index in [-0.39, 0.29) is 17.9 Å². The van der Waals surface area contributed by atoms with E-state index in [1.54, 1.807) is 11.9 Å². The van der Waals surface area contributed by atoms with Crippen LogP contribution in [-0.4, -0.2) is 37.0 Å². The van der Waals surface area contributed by atoms with Crippen molar-refractivity contribution < 1.29 is 9.59 Å². The number of amides is 3. The highest BCUT2D eigenvalue weighted by atomic mass is 16.2. The Bertz CT molecular complexity index is 209. The summed E-state index contributed by atoms with van der Waals surface area (Å²) in [5.41, 5.74) is 5.16. The number of carbonyl (C=O) groups excluding carboxylic acids is 2. The average molecular weight is 185 g/mol. The molecule has 0 aromatic heterocycles. The molecule has 0 aliphatic carbocycles. The maximum absolute atomic E-state index is 11.1. The summed E-state index contributed by atoms with van der Waals surface area (Å²) in [6.07, 6.45) is 1.37. The highest BCUT2D eigenvalue weighted by Crippen LogP contribution is 2.16. The minimum absolute atomic E-state index is 0.0547. The molecule has 1 fully saturated rings. The van der Waals surface area contributed by atoms with Crippen LogP contribution in [0.15, 0.2) is 0 Å². The zero-order valence-corrected chi connectivity index (χ0v) is 7.75. The van der Waals surface area contributed by atoms with Crippen LogP contribution in [0.2, 0.25) is 0 Å². The molecule has 0 atom stereocenters. The largest absolute Gasteiger partial charge is 0.369 e. The van der Waals surface area contributed by atoms with Gasteiger partial charge in [-0.1, -0.05) is 0 Å². The summed E-state index contributed by atoms with van der Waals surface area (Å²) >= 11 is 0. The molecule has 1 aliphatic heterocycles. The fourth-order valence-corrected chi connectivity index (χ4v) is 1.53. The van der Waals surface area contributed by atoms with Crippen molar-refractivity contribution in [3.63, 3.8) is 0 Å². The highest BCUT2D eigenvalue weighted by Gasteiger charge is 2.24. The van der Waals surface area contributed by atoms with Gasteiger partial charge in [0.25, 0.3) is 0 Å². The number of hydrogen-bond acceptors (Lipinski definition) is 2. The lowest BCUT2D eigenvalue weighted by Crippen LogP contribution is -2.45. The second-order valence-electron chi connectivity index (χ2n) is 3.22. The first-order valence-electron chi connectivity index (χ1n) is 4.41. The van der Waals surface area contributed by atoms with Gasteiger partial charge < -0.3 is 16.0 Å². The van der Waals surface area contributed by atoms with Crippen molar-refractivity contribution in [2.45, 2.75) is 12.8 Å². The molecule has 1 saturated heterocycles. The number of piperidine rings is 1. The molecule has 0 aromatic carbocycles. The van der Waals surface area contributed by atoms with Crippen LogP contribution < -0.4 is 11.1 Å². The molecule has 3 N–H and O–H groups in total. The first-order valence-corrected chi connectivity index (χ1v) is 4.41. The Hall–Kier alpha value is -1.26. The summed E-state index contributed by atoms with van der Waals surface area (Å²) in [6, 6.07) is -0.0806. The molecule has 0 spiro atoms. The molecule has 0 saturated carbocycles. The summed E-state index contributed by atoms with van der Waals surface area (Å²) in [6.45, 7) is 1.24.